The maximum atomic E-state index is 14.1. The number of carbonyl (C=O) groups is 6. The third-order valence-electron chi connectivity index (χ3n) is 7.41. The minimum atomic E-state index is -1.54. The number of thiazole rings is 1. The molecule has 0 radical (unpaired) electrons. The number of nitrogens with zero attached hydrogens (tertiary/aromatic N) is 1. The van der Waals surface area contributed by atoms with Gasteiger partial charge < -0.3 is 30.2 Å². The molecule has 0 fully saturated rings. The van der Waals surface area contributed by atoms with Crippen molar-refractivity contribution in [1.82, 2.24) is 20.9 Å². The van der Waals surface area contributed by atoms with Gasteiger partial charge in [-0.15, -0.1) is 11.3 Å². The predicted molar refractivity (Wildman–Crippen MR) is 200 cm³/mol. The minimum Gasteiger partial charge on any atom is -0.450 e. The van der Waals surface area contributed by atoms with Crippen molar-refractivity contribution in [3.05, 3.63) is 52.0 Å². The molecule has 16 heteroatoms. The number of nitrogens with one attached hydrogen (secondary N) is 3. The highest BCUT2D eigenvalue weighted by Crippen LogP contribution is 2.22. The van der Waals surface area contributed by atoms with Gasteiger partial charge in [-0.1, -0.05) is 71.1 Å². The Hall–Kier alpha value is -2.93. The molecule has 0 saturated carbocycles. The number of hydrogen-bond donors (Lipinski definition) is 3. The number of aromatic nitrogens is 1. The van der Waals surface area contributed by atoms with E-state index in [9.17, 15) is 28.8 Å². The van der Waals surface area contributed by atoms with Crippen molar-refractivity contribution in [3.8, 4) is 0 Å². The molecule has 0 aliphatic rings. The van der Waals surface area contributed by atoms with Crippen LogP contribution in [0.4, 0.5) is 0 Å². The number of ketones is 1. The normalized spacial score (nSPS) is 14.0. The van der Waals surface area contributed by atoms with Crippen LogP contribution in [0.2, 0.25) is 0 Å². The van der Waals surface area contributed by atoms with Gasteiger partial charge in [0.1, 0.15) is 17.0 Å². The summed E-state index contributed by atoms with van der Waals surface area (Å²) < 4.78 is 16.3. The molecule has 13 nitrogen and oxygen atoms in total. The van der Waals surface area contributed by atoms with Crippen molar-refractivity contribution in [1.29, 1.82) is 0 Å². The van der Waals surface area contributed by atoms with Crippen LogP contribution in [0.3, 0.4) is 0 Å². The molecule has 0 unspecified atom stereocenters. The molecule has 0 aliphatic heterocycles. The van der Waals surface area contributed by atoms with Gasteiger partial charge in [-0.25, -0.2) is 4.98 Å². The van der Waals surface area contributed by atoms with Gasteiger partial charge in [0.25, 0.3) is 5.91 Å². The maximum Gasteiger partial charge on any atom is 0.306 e. The second-order valence-electron chi connectivity index (χ2n) is 11.7. The molecule has 0 bridgehead atoms. The summed E-state index contributed by atoms with van der Waals surface area (Å²) in [6, 6.07) is 5.95. The molecular formula is C34H47IN4O9S2. The monoisotopic (exact) mass is 846 g/mol. The number of hydrogen-bond acceptors (Lipinski definition) is 12. The lowest BCUT2D eigenvalue weighted by molar-refractivity contribution is -0.164. The molecule has 1 heterocycles. The van der Waals surface area contributed by atoms with Crippen LogP contribution in [-0.4, -0.2) is 101 Å². The van der Waals surface area contributed by atoms with Crippen molar-refractivity contribution >= 4 is 80.3 Å². The van der Waals surface area contributed by atoms with Crippen molar-refractivity contribution in [3.63, 3.8) is 0 Å². The van der Waals surface area contributed by atoms with Crippen LogP contribution in [0.25, 0.3) is 0 Å². The van der Waals surface area contributed by atoms with Crippen LogP contribution in [0, 0.1) is 6.92 Å². The number of rotatable bonds is 23. The van der Waals surface area contributed by atoms with Crippen LogP contribution in [0.5, 0.6) is 0 Å². The zero-order valence-corrected chi connectivity index (χ0v) is 32.9. The Morgan fingerprint density at radius 2 is 1.54 bits per heavy atom. The second-order valence-corrected chi connectivity index (χ2v) is 14.9. The summed E-state index contributed by atoms with van der Waals surface area (Å²) in [6.45, 7) is 4.39. The first-order valence-corrected chi connectivity index (χ1v) is 19.5. The Labute approximate surface area is 315 Å². The fourth-order valence-electron chi connectivity index (χ4n) is 4.74. The molecule has 2 aromatic rings. The summed E-state index contributed by atoms with van der Waals surface area (Å²) in [4.78, 5) is 82.3. The van der Waals surface area contributed by atoms with Gasteiger partial charge in [-0.3, -0.25) is 28.8 Å². The lowest BCUT2D eigenvalue weighted by Crippen LogP contribution is -2.60. The topological polar surface area (TPSA) is 179 Å². The van der Waals surface area contributed by atoms with Crippen LogP contribution in [0.1, 0.15) is 66.2 Å². The van der Waals surface area contributed by atoms with E-state index in [2.05, 4.69) is 20.9 Å². The molecule has 4 atom stereocenters. The number of methoxy groups -OCH3 is 2. The lowest BCUT2D eigenvalue weighted by atomic mass is 9.92. The Morgan fingerprint density at radius 3 is 2.10 bits per heavy atom. The maximum absolute atomic E-state index is 14.1. The van der Waals surface area contributed by atoms with Crippen LogP contribution in [-0.2, 0) is 44.6 Å². The average Bonchev–Trinajstić information content (AvgIpc) is 3.53. The van der Waals surface area contributed by atoms with Crippen molar-refractivity contribution < 1.29 is 43.0 Å². The summed E-state index contributed by atoms with van der Waals surface area (Å²) >= 11 is 4.39. The first-order chi connectivity index (χ1) is 23.8. The Kier molecular flexibility index (Phi) is 19.7. The number of amides is 3. The molecule has 0 saturated heterocycles. The van der Waals surface area contributed by atoms with E-state index in [0.717, 1.165) is 18.4 Å². The number of esters is 1. The number of ether oxygens (including phenoxy) is 3. The standard InChI is InChI=1S/C34H47IN4O9S2/c1-22-36-18-28(50-22)33(45)39-27(20-47-5)32(44)38-26(19-46-4)31(43)37-25(16-15-24-12-8-6-9-13-24)30(42)34(3,21-35)48-29(41)14-10-7-11-17-49-23(2)40/h6,8-9,12-13,18,25-27H,7,10-11,14-17,19-21H2,1-5H3,(H,37,43)(H,38,44)(H,39,45)/t25-,26-,27-,34+/m0/s1. The average molecular weight is 847 g/mol. The third-order valence-corrected chi connectivity index (χ3v) is 10.7. The Balaban J connectivity index is 2.19. The van der Waals surface area contributed by atoms with Crippen LogP contribution < -0.4 is 16.0 Å². The molecule has 2 rings (SSSR count). The van der Waals surface area contributed by atoms with Crippen LogP contribution >= 0.6 is 45.7 Å². The van der Waals surface area contributed by atoms with E-state index in [0.29, 0.717) is 28.5 Å². The van der Waals surface area contributed by atoms with Gasteiger partial charge in [0.2, 0.25) is 11.8 Å². The van der Waals surface area contributed by atoms with Gasteiger partial charge >= 0.3 is 5.97 Å². The summed E-state index contributed by atoms with van der Waals surface area (Å²) in [5, 5.41) is 8.72. The first kappa shape index (κ1) is 43.2. The molecule has 50 heavy (non-hydrogen) atoms. The third kappa shape index (κ3) is 15.1. The molecule has 3 amide bonds. The number of unbranched alkanes of at least 4 members (excludes halogenated alkanes) is 2. The molecule has 0 spiro atoms. The summed E-state index contributed by atoms with van der Waals surface area (Å²) in [7, 11) is 2.73. The lowest BCUT2D eigenvalue weighted by Gasteiger charge is -2.31. The summed E-state index contributed by atoms with van der Waals surface area (Å²) in [5.41, 5.74) is -0.605. The predicted octanol–water partition coefficient (Wildman–Crippen LogP) is 3.59. The van der Waals surface area contributed by atoms with Crippen molar-refractivity contribution in [2.45, 2.75) is 83.0 Å². The number of carbonyl (C=O) groups excluding carboxylic acids is 6. The fourth-order valence-corrected chi connectivity index (χ4v) is 6.59. The van der Waals surface area contributed by atoms with E-state index in [1.165, 1.54) is 57.4 Å². The number of Topliss-reactive ketones (excluding diaryl/α,β-unsaturated/α-hetero) is 1. The Morgan fingerprint density at radius 1 is 0.920 bits per heavy atom. The minimum absolute atomic E-state index is 0.0483. The largest absolute Gasteiger partial charge is 0.450 e. The molecule has 3 N–H and O–H groups in total. The van der Waals surface area contributed by atoms with E-state index in [1.807, 2.05) is 52.9 Å². The highest BCUT2D eigenvalue weighted by atomic mass is 127. The van der Waals surface area contributed by atoms with Crippen molar-refractivity contribution in [2.75, 3.05) is 37.6 Å². The summed E-state index contributed by atoms with van der Waals surface area (Å²) in [6.07, 6.45) is 4.18. The smallest absolute Gasteiger partial charge is 0.306 e. The number of aryl methyl sites for hydroxylation is 2. The van der Waals surface area contributed by atoms with Crippen LogP contribution in [0.15, 0.2) is 36.5 Å². The highest BCUT2D eigenvalue weighted by molar-refractivity contribution is 14.1. The van der Waals surface area contributed by atoms with E-state index < -0.39 is 53.2 Å². The first-order valence-electron chi connectivity index (χ1n) is 16.1. The second kappa shape index (κ2) is 22.8. The number of halogens is 1. The molecule has 276 valence electrons. The Bertz CT molecular complexity index is 1430. The molecular weight excluding hydrogens is 799 g/mol. The van der Waals surface area contributed by atoms with E-state index in [1.54, 1.807) is 6.92 Å². The van der Waals surface area contributed by atoms with Crippen molar-refractivity contribution in [2.24, 2.45) is 0 Å². The number of thioether (sulfide) groups is 1. The molecule has 1 aromatic carbocycles. The fraction of sp³-hybridized carbons (Fsp3) is 0.559. The quantitative estimate of drug-likeness (QED) is 0.0645. The van der Waals surface area contributed by atoms with E-state index in [-0.39, 0.29) is 35.6 Å². The van der Waals surface area contributed by atoms with Gasteiger partial charge in [0, 0.05) is 37.7 Å². The number of benzene rings is 1. The summed E-state index contributed by atoms with van der Waals surface area (Å²) in [5.74, 6) is -2.26. The zero-order valence-electron chi connectivity index (χ0n) is 29.1. The van der Waals surface area contributed by atoms with E-state index in [4.69, 9.17) is 14.2 Å². The van der Waals surface area contributed by atoms with E-state index >= 15 is 0 Å². The highest BCUT2D eigenvalue weighted by Gasteiger charge is 2.42. The van der Waals surface area contributed by atoms with Gasteiger partial charge in [-0.2, -0.15) is 0 Å². The van der Waals surface area contributed by atoms with Gasteiger partial charge in [0.15, 0.2) is 16.5 Å². The number of alkyl halides is 1. The van der Waals surface area contributed by atoms with Gasteiger partial charge in [0.05, 0.1) is 30.5 Å². The SMILES string of the molecule is COC[C@H](NC(=O)c1cnc(C)s1)C(=O)N[C@@H](COC)C(=O)N[C@@H](CCc1ccccc1)C(=O)[C@@](C)(CI)OC(=O)CCCCCSC(C)=O. The zero-order chi connectivity index (χ0) is 37.1. The molecule has 0 aliphatic carbocycles. The molecule has 1 aromatic heterocycles. The van der Waals surface area contributed by atoms with Gasteiger partial charge in [-0.05, 0) is 45.1 Å².